The number of nitrogens with zero attached hydrogens (tertiary/aromatic N) is 5. The number of carbonyl (C=O) groups excluding carboxylic acids is 1. The number of hydrogen-bond acceptors (Lipinski definition) is 8. The number of dihydropyridines is 1. The SMILES string of the molecule is C=C1C=C(C(F)(F)F)C(C(=O)Nc2cc(-c3cnc(N4C[C@@H](C)O[C@@H](C)C4)nc3)c(F)cc2N2CCN(C)[C@@H](C)C2)=CN1. The molecule has 0 radical (unpaired) electrons. The molecule has 5 rings (SSSR count). The molecule has 2 fully saturated rings. The maximum Gasteiger partial charge on any atom is 0.417 e. The van der Waals surface area contributed by atoms with E-state index < -0.39 is 29.0 Å². The molecule has 0 aliphatic carbocycles. The maximum absolute atomic E-state index is 15.7. The van der Waals surface area contributed by atoms with E-state index >= 15 is 4.39 Å². The van der Waals surface area contributed by atoms with Crippen molar-refractivity contribution in [3.8, 4) is 11.1 Å². The van der Waals surface area contributed by atoms with Crippen LogP contribution in [0.25, 0.3) is 11.1 Å². The third-order valence-corrected chi connectivity index (χ3v) is 7.85. The van der Waals surface area contributed by atoms with Crippen LogP contribution in [0.4, 0.5) is 34.9 Å². The largest absolute Gasteiger partial charge is 0.417 e. The molecule has 2 saturated heterocycles. The number of amides is 1. The van der Waals surface area contributed by atoms with Gasteiger partial charge in [-0.05, 0) is 46.0 Å². The molecule has 1 aromatic carbocycles. The van der Waals surface area contributed by atoms with Gasteiger partial charge in [0.15, 0.2) is 0 Å². The van der Waals surface area contributed by atoms with Crippen molar-refractivity contribution in [1.29, 1.82) is 0 Å². The van der Waals surface area contributed by atoms with Crippen LogP contribution < -0.4 is 20.4 Å². The van der Waals surface area contributed by atoms with Crippen LogP contribution in [0.2, 0.25) is 0 Å². The van der Waals surface area contributed by atoms with E-state index in [1.54, 1.807) is 0 Å². The molecule has 2 aromatic rings. The molecular formula is C30H35F4N7O2. The number of likely N-dealkylation sites (N-methyl/N-ethyl adjacent to an activating group) is 1. The summed E-state index contributed by atoms with van der Waals surface area (Å²) in [4.78, 5) is 28.3. The molecular weight excluding hydrogens is 566 g/mol. The van der Waals surface area contributed by atoms with E-state index in [0.717, 1.165) is 12.3 Å². The predicted molar refractivity (Wildman–Crippen MR) is 157 cm³/mol. The fourth-order valence-corrected chi connectivity index (χ4v) is 5.53. The van der Waals surface area contributed by atoms with E-state index in [2.05, 4.69) is 32.1 Å². The average Bonchev–Trinajstić information content (AvgIpc) is 2.94. The average molecular weight is 602 g/mol. The summed E-state index contributed by atoms with van der Waals surface area (Å²) >= 11 is 0. The number of anilines is 3. The molecule has 43 heavy (non-hydrogen) atoms. The standard InChI is InChI=1S/C30H35F4N7O2/c1-17-8-24(30(32,33)34)23(13-35-17)28(42)38-26-9-22(25(31)10-27(26)40-7-6-39(5)18(2)14-40)21-11-36-29(37-12-21)41-15-19(3)43-20(4)16-41/h8-13,18-20,35H,1,6-7,14-16H2,2-5H3,(H,38,42)/t18-,19-,20+/m0/s1. The molecule has 3 atom stereocenters. The summed E-state index contributed by atoms with van der Waals surface area (Å²) in [6.45, 7) is 12.4. The number of piperazine rings is 1. The van der Waals surface area contributed by atoms with E-state index in [0.29, 0.717) is 49.9 Å². The number of nitrogens with one attached hydrogen (secondary N) is 2. The first kappa shape index (κ1) is 30.5. The Morgan fingerprint density at radius 1 is 1.07 bits per heavy atom. The number of halogens is 4. The van der Waals surface area contributed by atoms with Crippen molar-refractivity contribution in [1.82, 2.24) is 20.2 Å². The zero-order valence-electron chi connectivity index (χ0n) is 24.5. The van der Waals surface area contributed by atoms with Crippen LogP contribution in [-0.2, 0) is 9.53 Å². The molecule has 1 aromatic heterocycles. The van der Waals surface area contributed by atoms with Crippen LogP contribution in [0, 0.1) is 5.82 Å². The topological polar surface area (TPSA) is 85.9 Å². The van der Waals surface area contributed by atoms with Crippen LogP contribution in [0.15, 0.2) is 60.2 Å². The molecule has 0 bridgehead atoms. The molecule has 4 heterocycles. The predicted octanol–water partition coefficient (Wildman–Crippen LogP) is 4.46. The minimum Gasteiger partial charge on any atom is -0.372 e. The lowest BCUT2D eigenvalue weighted by Gasteiger charge is -2.39. The third kappa shape index (κ3) is 6.67. The van der Waals surface area contributed by atoms with E-state index in [1.807, 2.05) is 37.6 Å². The van der Waals surface area contributed by atoms with Crippen LogP contribution in [-0.4, -0.2) is 85.0 Å². The lowest BCUT2D eigenvalue weighted by Crippen LogP contribution is -2.50. The summed E-state index contributed by atoms with van der Waals surface area (Å²) in [5.74, 6) is -1.09. The van der Waals surface area contributed by atoms with E-state index in [-0.39, 0.29) is 35.2 Å². The Kier molecular flexibility index (Phi) is 8.48. The quantitative estimate of drug-likeness (QED) is 0.486. The third-order valence-electron chi connectivity index (χ3n) is 7.85. The highest BCUT2D eigenvalue weighted by molar-refractivity contribution is 6.09. The summed E-state index contributed by atoms with van der Waals surface area (Å²) in [6, 6.07) is 2.86. The van der Waals surface area contributed by atoms with Crippen molar-refractivity contribution in [2.45, 2.75) is 45.2 Å². The molecule has 0 saturated carbocycles. The van der Waals surface area contributed by atoms with Gasteiger partial charge in [-0.15, -0.1) is 0 Å². The van der Waals surface area contributed by atoms with Gasteiger partial charge in [0.1, 0.15) is 5.82 Å². The summed E-state index contributed by atoms with van der Waals surface area (Å²) in [5, 5.41) is 5.20. The normalized spacial score (nSPS) is 23.4. The second-order valence-electron chi connectivity index (χ2n) is 11.3. The van der Waals surface area contributed by atoms with Gasteiger partial charge in [0, 0.05) is 74.2 Å². The molecule has 1 amide bonds. The van der Waals surface area contributed by atoms with Gasteiger partial charge in [0.05, 0.1) is 34.7 Å². The fraction of sp³-hybridized carbons (Fsp3) is 0.433. The van der Waals surface area contributed by atoms with Gasteiger partial charge in [-0.3, -0.25) is 4.79 Å². The number of ether oxygens (including phenoxy) is 1. The molecule has 2 N–H and O–H groups in total. The molecule has 9 nitrogen and oxygen atoms in total. The van der Waals surface area contributed by atoms with Crippen molar-refractivity contribution in [3.05, 3.63) is 66.0 Å². The second-order valence-corrected chi connectivity index (χ2v) is 11.3. The summed E-state index contributed by atoms with van der Waals surface area (Å²) in [5.41, 5.74) is -0.724. The lowest BCUT2D eigenvalue weighted by molar-refractivity contribution is -0.115. The number of carbonyl (C=O) groups is 1. The number of aromatic nitrogens is 2. The summed E-state index contributed by atoms with van der Waals surface area (Å²) in [6.07, 6.45) is -0.0311. The first-order valence-electron chi connectivity index (χ1n) is 14.1. The monoisotopic (exact) mass is 601 g/mol. The van der Waals surface area contributed by atoms with Gasteiger partial charge in [0.25, 0.3) is 5.91 Å². The Morgan fingerprint density at radius 3 is 2.37 bits per heavy atom. The van der Waals surface area contributed by atoms with Crippen molar-refractivity contribution in [2.24, 2.45) is 0 Å². The fourth-order valence-electron chi connectivity index (χ4n) is 5.53. The minimum atomic E-state index is -4.78. The number of hydrogen-bond donors (Lipinski definition) is 2. The zero-order chi connectivity index (χ0) is 31.1. The number of rotatable bonds is 5. The van der Waals surface area contributed by atoms with Crippen molar-refractivity contribution < 1.29 is 27.1 Å². The van der Waals surface area contributed by atoms with E-state index in [4.69, 9.17) is 4.74 Å². The van der Waals surface area contributed by atoms with Gasteiger partial charge >= 0.3 is 6.18 Å². The van der Waals surface area contributed by atoms with Gasteiger partial charge in [-0.2, -0.15) is 13.2 Å². The summed E-state index contributed by atoms with van der Waals surface area (Å²) in [7, 11) is 1.98. The molecule has 3 aliphatic heterocycles. The number of allylic oxidation sites excluding steroid dienone is 1. The van der Waals surface area contributed by atoms with Gasteiger partial charge < -0.3 is 30.1 Å². The highest BCUT2D eigenvalue weighted by atomic mass is 19.4. The van der Waals surface area contributed by atoms with Crippen molar-refractivity contribution in [3.63, 3.8) is 0 Å². The Morgan fingerprint density at radius 2 is 1.74 bits per heavy atom. The zero-order valence-corrected chi connectivity index (χ0v) is 24.5. The Bertz CT molecular complexity index is 1450. The van der Waals surface area contributed by atoms with Crippen LogP contribution in [0.5, 0.6) is 0 Å². The second kappa shape index (κ2) is 12.0. The highest BCUT2D eigenvalue weighted by Gasteiger charge is 2.40. The van der Waals surface area contributed by atoms with Gasteiger partial charge in [-0.25, -0.2) is 14.4 Å². The van der Waals surface area contributed by atoms with E-state index in [9.17, 15) is 18.0 Å². The highest BCUT2D eigenvalue weighted by Crippen LogP contribution is 2.38. The van der Waals surface area contributed by atoms with Crippen LogP contribution >= 0.6 is 0 Å². The van der Waals surface area contributed by atoms with Gasteiger partial charge in [-0.1, -0.05) is 6.58 Å². The lowest BCUT2D eigenvalue weighted by atomic mass is 10.0. The maximum atomic E-state index is 15.7. The number of morpholine rings is 1. The van der Waals surface area contributed by atoms with Crippen LogP contribution in [0.1, 0.15) is 20.8 Å². The van der Waals surface area contributed by atoms with Crippen LogP contribution in [0.3, 0.4) is 0 Å². The molecule has 3 aliphatic rings. The van der Waals surface area contributed by atoms with Crippen molar-refractivity contribution in [2.75, 3.05) is 54.9 Å². The van der Waals surface area contributed by atoms with E-state index in [1.165, 1.54) is 24.5 Å². The molecule has 0 spiro atoms. The van der Waals surface area contributed by atoms with Crippen molar-refractivity contribution >= 4 is 23.2 Å². The van der Waals surface area contributed by atoms with Gasteiger partial charge in [0.2, 0.25) is 5.95 Å². The Labute approximate surface area is 247 Å². The molecule has 230 valence electrons. The Balaban J connectivity index is 1.49. The molecule has 13 heteroatoms. The summed E-state index contributed by atoms with van der Waals surface area (Å²) < 4.78 is 63.0. The minimum absolute atomic E-state index is 0.000678. The first-order chi connectivity index (χ1) is 20.3. The Hall–Kier alpha value is -3.97. The molecule has 0 unspecified atom stereocenters. The number of alkyl halides is 3. The first-order valence-corrected chi connectivity index (χ1v) is 14.1. The number of benzene rings is 1. The smallest absolute Gasteiger partial charge is 0.372 e.